The summed E-state index contributed by atoms with van der Waals surface area (Å²) < 4.78 is 5.66. The molecule has 1 aromatic heterocycles. The zero-order valence-electron chi connectivity index (χ0n) is 19.6. The second-order valence-electron chi connectivity index (χ2n) is 8.55. The molecule has 3 N–H and O–H groups in total. The number of methoxy groups -OCH3 is 1. The third-order valence-electron chi connectivity index (χ3n) is 5.65. The van der Waals surface area contributed by atoms with Crippen LogP contribution in [0.2, 0.25) is 0 Å². The first-order valence-electron chi connectivity index (χ1n) is 11.0. The van der Waals surface area contributed by atoms with Crippen molar-refractivity contribution < 1.29 is 14.9 Å². The van der Waals surface area contributed by atoms with Gasteiger partial charge < -0.3 is 19.8 Å². The molecule has 0 amide bonds. The molecule has 0 atom stereocenters. The Kier molecular flexibility index (Phi) is 7.29. The molecule has 2 aromatic carbocycles. The minimum absolute atomic E-state index is 0.0198. The highest BCUT2D eigenvalue weighted by molar-refractivity contribution is 7.80. The molecule has 172 valence electrons. The maximum Gasteiger partial charge on any atom is 0.142 e. The zero-order valence-corrected chi connectivity index (χ0v) is 20.5. The van der Waals surface area contributed by atoms with Crippen molar-refractivity contribution >= 4 is 18.3 Å². The summed E-state index contributed by atoms with van der Waals surface area (Å²) in [5, 5.41) is 28.8. The van der Waals surface area contributed by atoms with Gasteiger partial charge >= 0.3 is 0 Å². The summed E-state index contributed by atoms with van der Waals surface area (Å²) in [4.78, 5) is 2.31. The van der Waals surface area contributed by atoms with E-state index < -0.39 is 0 Å². The summed E-state index contributed by atoms with van der Waals surface area (Å²) in [7, 11) is 1.68. The molecule has 0 unspecified atom stereocenters. The van der Waals surface area contributed by atoms with Crippen molar-refractivity contribution in [3.05, 3.63) is 35.9 Å². The normalized spacial score (nSPS) is 11.4. The van der Waals surface area contributed by atoms with Crippen molar-refractivity contribution in [2.24, 2.45) is 0 Å². The van der Waals surface area contributed by atoms with E-state index in [0.717, 1.165) is 41.1 Å². The Morgan fingerprint density at radius 2 is 1.81 bits per heavy atom. The maximum absolute atomic E-state index is 10.6. The number of H-pyrrole nitrogens is 1. The lowest BCUT2D eigenvalue weighted by Crippen LogP contribution is -2.31. The number of anilines is 1. The molecular weight excluding hydrogens is 422 g/mol. The van der Waals surface area contributed by atoms with Crippen LogP contribution in [0.1, 0.15) is 52.5 Å². The average Bonchev–Trinajstić information content (AvgIpc) is 3.12. The minimum Gasteiger partial charge on any atom is -0.508 e. The van der Waals surface area contributed by atoms with E-state index in [2.05, 4.69) is 54.6 Å². The number of rotatable bonds is 8. The van der Waals surface area contributed by atoms with Crippen LogP contribution < -0.4 is 9.64 Å². The Morgan fingerprint density at radius 3 is 2.41 bits per heavy atom. The summed E-state index contributed by atoms with van der Waals surface area (Å²) in [6.07, 6.45) is 1.01. The number of hydrogen-bond acceptors (Lipinski definition) is 6. The number of nitrogens with one attached hydrogen (secondary N) is 1. The van der Waals surface area contributed by atoms with Gasteiger partial charge in [-0.15, -0.1) is 12.6 Å². The van der Waals surface area contributed by atoms with Gasteiger partial charge in [0.05, 0.1) is 18.5 Å². The lowest BCUT2D eigenvalue weighted by Gasteiger charge is -2.30. The Labute approximate surface area is 195 Å². The molecule has 7 heteroatoms. The van der Waals surface area contributed by atoms with E-state index in [1.165, 1.54) is 6.07 Å². The second-order valence-corrected chi connectivity index (χ2v) is 8.98. The Bertz CT molecular complexity index is 1090. The highest BCUT2D eigenvalue weighted by atomic mass is 32.1. The number of hydrogen-bond donors (Lipinski definition) is 4. The first-order chi connectivity index (χ1) is 15.2. The van der Waals surface area contributed by atoms with Gasteiger partial charge in [-0.2, -0.15) is 5.10 Å². The Hall–Kier alpha value is -2.80. The minimum atomic E-state index is -0.0198. The second kappa shape index (κ2) is 9.77. The SMILES string of the molecule is CCCN(c1cc(-c2c(S)n[nH]c2-c2cc(C(C)C)c(O)cc2O)ccc1OC)C(C)C. The molecule has 0 saturated carbocycles. The zero-order chi connectivity index (χ0) is 23.6. The van der Waals surface area contributed by atoms with Crippen molar-refractivity contribution in [1.29, 1.82) is 0 Å². The maximum atomic E-state index is 10.6. The van der Waals surface area contributed by atoms with Crippen LogP contribution in [0.15, 0.2) is 35.4 Å². The number of nitrogens with zero attached hydrogens (tertiary/aromatic N) is 2. The summed E-state index contributed by atoms with van der Waals surface area (Å²) >= 11 is 4.60. The van der Waals surface area contributed by atoms with Crippen molar-refractivity contribution in [3.63, 3.8) is 0 Å². The number of aromatic nitrogens is 2. The van der Waals surface area contributed by atoms with Crippen molar-refractivity contribution in [1.82, 2.24) is 10.2 Å². The number of phenolic OH excluding ortho intramolecular Hbond substituents is 2. The van der Waals surface area contributed by atoms with Crippen LogP contribution in [0.25, 0.3) is 22.4 Å². The van der Waals surface area contributed by atoms with Gasteiger partial charge in [0.2, 0.25) is 0 Å². The Morgan fingerprint density at radius 1 is 1.09 bits per heavy atom. The molecule has 3 aromatic rings. The first kappa shape index (κ1) is 23.9. The third kappa shape index (κ3) is 4.53. The van der Waals surface area contributed by atoms with E-state index in [1.807, 2.05) is 32.0 Å². The molecule has 0 aliphatic heterocycles. The number of phenols is 2. The molecule has 3 rings (SSSR count). The molecule has 0 fully saturated rings. The lowest BCUT2D eigenvalue weighted by atomic mass is 9.94. The average molecular weight is 456 g/mol. The topological polar surface area (TPSA) is 81.6 Å². The summed E-state index contributed by atoms with van der Waals surface area (Å²) in [6.45, 7) is 11.4. The summed E-state index contributed by atoms with van der Waals surface area (Å²) in [6, 6.07) is 9.50. The molecule has 0 aliphatic rings. The van der Waals surface area contributed by atoms with Gasteiger partial charge in [-0.1, -0.05) is 26.8 Å². The van der Waals surface area contributed by atoms with Crippen LogP contribution in [0.4, 0.5) is 5.69 Å². The molecule has 0 bridgehead atoms. The van der Waals surface area contributed by atoms with Crippen LogP contribution in [0.5, 0.6) is 17.2 Å². The Balaban J connectivity index is 2.21. The van der Waals surface area contributed by atoms with Crippen LogP contribution in [-0.4, -0.2) is 40.1 Å². The molecular formula is C25H33N3O3S. The van der Waals surface area contributed by atoms with E-state index in [0.29, 0.717) is 22.3 Å². The molecule has 0 spiro atoms. The smallest absolute Gasteiger partial charge is 0.142 e. The van der Waals surface area contributed by atoms with Gasteiger partial charge in [-0.25, -0.2) is 0 Å². The van der Waals surface area contributed by atoms with E-state index in [4.69, 9.17) is 4.74 Å². The van der Waals surface area contributed by atoms with Gasteiger partial charge in [0.15, 0.2) is 0 Å². The van der Waals surface area contributed by atoms with Crippen molar-refractivity contribution in [2.75, 3.05) is 18.6 Å². The number of aromatic hydroxyl groups is 2. The van der Waals surface area contributed by atoms with Crippen molar-refractivity contribution in [2.45, 2.75) is 58.0 Å². The van der Waals surface area contributed by atoms with Crippen LogP contribution in [0.3, 0.4) is 0 Å². The van der Waals surface area contributed by atoms with Crippen molar-refractivity contribution in [3.8, 4) is 39.6 Å². The standard InChI is InChI=1S/C25H33N3O3S/c1-7-10-28(15(4)5)19-11-16(8-9-22(19)31-6)23-24(26-27-25(23)32)18-12-17(14(2)3)20(29)13-21(18)30/h8-9,11-15,29-30H,7,10H2,1-6H3,(H2,26,27,32). The van der Waals surface area contributed by atoms with Gasteiger partial charge in [0.1, 0.15) is 22.3 Å². The predicted molar refractivity (Wildman–Crippen MR) is 133 cm³/mol. The predicted octanol–water partition coefficient (Wildman–Crippen LogP) is 6.20. The van der Waals surface area contributed by atoms with Crippen LogP contribution in [0, 0.1) is 0 Å². The van der Waals surface area contributed by atoms with Gasteiger partial charge in [-0.05, 0) is 55.5 Å². The number of aromatic amines is 1. The van der Waals surface area contributed by atoms with E-state index in [9.17, 15) is 10.2 Å². The monoisotopic (exact) mass is 455 g/mol. The highest BCUT2D eigenvalue weighted by Crippen LogP contribution is 2.44. The molecule has 0 saturated heterocycles. The molecule has 0 radical (unpaired) electrons. The fourth-order valence-electron chi connectivity index (χ4n) is 4.03. The quantitative estimate of drug-likeness (QED) is 0.304. The molecule has 32 heavy (non-hydrogen) atoms. The van der Waals surface area contributed by atoms with Gasteiger partial charge in [0, 0.05) is 29.8 Å². The van der Waals surface area contributed by atoms with Crippen LogP contribution >= 0.6 is 12.6 Å². The largest absolute Gasteiger partial charge is 0.508 e. The first-order valence-corrected chi connectivity index (χ1v) is 11.4. The fourth-order valence-corrected chi connectivity index (χ4v) is 4.32. The molecule has 0 aliphatic carbocycles. The highest BCUT2D eigenvalue weighted by Gasteiger charge is 2.22. The summed E-state index contributed by atoms with van der Waals surface area (Å²) in [5.41, 5.74) is 4.67. The fraction of sp³-hybridized carbons (Fsp3) is 0.400. The van der Waals surface area contributed by atoms with E-state index in [-0.39, 0.29) is 17.4 Å². The van der Waals surface area contributed by atoms with E-state index >= 15 is 0 Å². The summed E-state index contributed by atoms with van der Waals surface area (Å²) in [5.74, 6) is 0.953. The van der Waals surface area contributed by atoms with Gasteiger partial charge in [0.25, 0.3) is 0 Å². The molecule has 6 nitrogen and oxygen atoms in total. The molecule has 1 heterocycles. The number of ether oxygens (including phenoxy) is 1. The number of thiol groups is 1. The third-order valence-corrected chi connectivity index (χ3v) is 5.97. The van der Waals surface area contributed by atoms with E-state index in [1.54, 1.807) is 7.11 Å². The lowest BCUT2D eigenvalue weighted by molar-refractivity contribution is 0.413. The number of benzene rings is 2. The van der Waals surface area contributed by atoms with Gasteiger partial charge in [-0.3, -0.25) is 5.10 Å². The van der Waals surface area contributed by atoms with Crippen LogP contribution in [-0.2, 0) is 0 Å².